The maximum absolute atomic E-state index is 11.7. The molecule has 5 nitrogen and oxygen atoms in total. The fraction of sp³-hybridized carbons (Fsp3) is 0.167. The van der Waals surface area contributed by atoms with Crippen molar-refractivity contribution >= 4 is 17.6 Å². The number of carbonyl (C=O) groups is 1. The van der Waals surface area contributed by atoms with Crippen LogP contribution in [0, 0.1) is 0 Å². The molecule has 0 saturated heterocycles. The second-order valence-corrected chi connectivity index (χ2v) is 4.67. The van der Waals surface area contributed by atoms with Gasteiger partial charge < -0.3 is 19.3 Å². The lowest BCUT2D eigenvalue weighted by Gasteiger charge is -2.12. The summed E-state index contributed by atoms with van der Waals surface area (Å²) in [6.07, 6.45) is 1.56. The maximum atomic E-state index is 11.7. The van der Waals surface area contributed by atoms with E-state index >= 15 is 0 Å². The molecule has 0 radical (unpaired) electrons. The van der Waals surface area contributed by atoms with Crippen LogP contribution >= 0.6 is 0 Å². The lowest BCUT2D eigenvalue weighted by atomic mass is 10.0. The van der Waals surface area contributed by atoms with Gasteiger partial charge in [-0.05, 0) is 24.3 Å². The predicted molar refractivity (Wildman–Crippen MR) is 88.0 cm³/mol. The molecular formula is C18H18O5. The Morgan fingerprint density at radius 1 is 0.957 bits per heavy atom. The Bertz CT molecular complexity index is 734. The standard InChI is InChI=1S/C18H18O5/c1-21-13-8-9-14(17(11-13)23-3)15(18(19)20)10-12-6-4-5-7-16(12)22-2/h4-11H,1-3H3,(H,19,20)/b15-10-. The molecule has 0 aliphatic heterocycles. The molecule has 5 heteroatoms. The Kier molecular flexibility index (Phi) is 5.25. The number of carboxylic acid groups (broad SMARTS) is 1. The molecule has 2 aromatic carbocycles. The third-order valence-corrected chi connectivity index (χ3v) is 3.37. The monoisotopic (exact) mass is 314 g/mol. The molecule has 0 amide bonds. The van der Waals surface area contributed by atoms with Crippen molar-refractivity contribution in [2.24, 2.45) is 0 Å². The lowest BCUT2D eigenvalue weighted by molar-refractivity contribution is -0.130. The smallest absolute Gasteiger partial charge is 0.336 e. The van der Waals surface area contributed by atoms with Crippen LogP contribution in [-0.4, -0.2) is 32.4 Å². The van der Waals surface area contributed by atoms with E-state index in [1.165, 1.54) is 14.2 Å². The Morgan fingerprint density at radius 2 is 1.65 bits per heavy atom. The van der Waals surface area contributed by atoms with Crippen LogP contribution in [0.3, 0.4) is 0 Å². The summed E-state index contributed by atoms with van der Waals surface area (Å²) in [6, 6.07) is 12.2. The number of aliphatic carboxylic acids is 1. The second-order valence-electron chi connectivity index (χ2n) is 4.67. The van der Waals surface area contributed by atoms with Crippen LogP contribution in [-0.2, 0) is 4.79 Å². The van der Waals surface area contributed by atoms with Gasteiger partial charge in [0, 0.05) is 17.2 Å². The van der Waals surface area contributed by atoms with Gasteiger partial charge in [-0.3, -0.25) is 0 Å². The minimum atomic E-state index is -1.06. The number of benzene rings is 2. The Hall–Kier alpha value is -2.95. The summed E-state index contributed by atoms with van der Waals surface area (Å²) in [6.45, 7) is 0. The molecule has 1 N–H and O–H groups in total. The van der Waals surface area contributed by atoms with Gasteiger partial charge in [-0.15, -0.1) is 0 Å². The van der Waals surface area contributed by atoms with Crippen molar-refractivity contribution in [3.05, 3.63) is 53.6 Å². The molecule has 2 aromatic rings. The van der Waals surface area contributed by atoms with Crippen LogP contribution in [0.15, 0.2) is 42.5 Å². The molecule has 0 spiro atoms. The number of hydrogen-bond acceptors (Lipinski definition) is 4. The summed E-state index contributed by atoms with van der Waals surface area (Å²) in [5.41, 5.74) is 1.24. The first kappa shape index (κ1) is 16.4. The van der Waals surface area contributed by atoms with Gasteiger partial charge in [0.15, 0.2) is 0 Å². The summed E-state index contributed by atoms with van der Waals surface area (Å²) in [4.78, 5) is 11.7. The van der Waals surface area contributed by atoms with E-state index in [1.54, 1.807) is 43.5 Å². The first-order valence-corrected chi connectivity index (χ1v) is 6.91. The van der Waals surface area contributed by atoms with Crippen LogP contribution < -0.4 is 14.2 Å². The average molecular weight is 314 g/mol. The Balaban J connectivity index is 2.59. The van der Waals surface area contributed by atoms with Gasteiger partial charge in [0.05, 0.1) is 26.9 Å². The molecule has 120 valence electrons. The molecule has 0 saturated carbocycles. The van der Waals surface area contributed by atoms with Gasteiger partial charge in [-0.25, -0.2) is 4.79 Å². The van der Waals surface area contributed by atoms with E-state index in [0.29, 0.717) is 28.4 Å². The van der Waals surface area contributed by atoms with Gasteiger partial charge in [-0.1, -0.05) is 18.2 Å². The van der Waals surface area contributed by atoms with Crippen LogP contribution in [0.1, 0.15) is 11.1 Å². The van der Waals surface area contributed by atoms with Crippen LogP contribution in [0.2, 0.25) is 0 Å². The van der Waals surface area contributed by atoms with Crippen molar-refractivity contribution in [2.75, 3.05) is 21.3 Å². The largest absolute Gasteiger partial charge is 0.497 e. The van der Waals surface area contributed by atoms with Crippen molar-refractivity contribution in [2.45, 2.75) is 0 Å². The summed E-state index contributed by atoms with van der Waals surface area (Å²) >= 11 is 0. The summed E-state index contributed by atoms with van der Waals surface area (Å²) in [7, 11) is 4.57. The molecule has 0 atom stereocenters. The molecule has 0 aliphatic rings. The minimum Gasteiger partial charge on any atom is -0.497 e. The van der Waals surface area contributed by atoms with Gasteiger partial charge >= 0.3 is 5.97 Å². The number of rotatable bonds is 6. The second kappa shape index (κ2) is 7.35. The van der Waals surface area contributed by atoms with E-state index < -0.39 is 5.97 Å². The zero-order valence-electron chi connectivity index (χ0n) is 13.2. The van der Waals surface area contributed by atoms with Crippen LogP contribution in [0.25, 0.3) is 11.6 Å². The van der Waals surface area contributed by atoms with Crippen molar-refractivity contribution < 1.29 is 24.1 Å². The highest BCUT2D eigenvalue weighted by molar-refractivity contribution is 6.21. The fourth-order valence-electron chi connectivity index (χ4n) is 2.22. The van der Waals surface area contributed by atoms with Crippen molar-refractivity contribution in [1.82, 2.24) is 0 Å². The van der Waals surface area contributed by atoms with Gasteiger partial charge in [-0.2, -0.15) is 0 Å². The average Bonchev–Trinajstić information content (AvgIpc) is 2.59. The van der Waals surface area contributed by atoms with E-state index in [9.17, 15) is 9.90 Å². The zero-order valence-corrected chi connectivity index (χ0v) is 13.2. The molecular weight excluding hydrogens is 296 g/mol. The topological polar surface area (TPSA) is 65.0 Å². The van der Waals surface area contributed by atoms with E-state index in [1.807, 2.05) is 12.1 Å². The zero-order chi connectivity index (χ0) is 16.8. The maximum Gasteiger partial charge on any atom is 0.336 e. The highest BCUT2D eigenvalue weighted by Crippen LogP contribution is 2.32. The highest BCUT2D eigenvalue weighted by Gasteiger charge is 2.17. The van der Waals surface area contributed by atoms with E-state index in [-0.39, 0.29) is 5.57 Å². The highest BCUT2D eigenvalue weighted by atomic mass is 16.5. The first-order valence-electron chi connectivity index (χ1n) is 6.91. The Labute approximate surface area is 134 Å². The molecule has 0 unspecified atom stereocenters. The molecule has 23 heavy (non-hydrogen) atoms. The lowest BCUT2D eigenvalue weighted by Crippen LogP contribution is -2.02. The molecule has 0 aromatic heterocycles. The van der Waals surface area contributed by atoms with E-state index in [4.69, 9.17) is 14.2 Å². The van der Waals surface area contributed by atoms with E-state index in [0.717, 1.165) is 0 Å². The first-order chi connectivity index (χ1) is 11.1. The minimum absolute atomic E-state index is 0.106. The number of carboxylic acids is 1. The Morgan fingerprint density at radius 3 is 2.26 bits per heavy atom. The summed E-state index contributed by atoms with van der Waals surface area (Å²) in [5.74, 6) is 0.554. The normalized spacial score (nSPS) is 11.0. The van der Waals surface area contributed by atoms with Gasteiger partial charge in [0.1, 0.15) is 17.2 Å². The van der Waals surface area contributed by atoms with Gasteiger partial charge in [0.25, 0.3) is 0 Å². The number of ether oxygens (including phenoxy) is 3. The van der Waals surface area contributed by atoms with Crippen molar-refractivity contribution in [3.8, 4) is 17.2 Å². The predicted octanol–water partition coefficient (Wildman–Crippen LogP) is 3.34. The third-order valence-electron chi connectivity index (χ3n) is 3.37. The quantitative estimate of drug-likeness (QED) is 0.654. The number of hydrogen-bond donors (Lipinski definition) is 1. The van der Waals surface area contributed by atoms with Gasteiger partial charge in [0.2, 0.25) is 0 Å². The third kappa shape index (κ3) is 3.63. The van der Waals surface area contributed by atoms with E-state index in [2.05, 4.69) is 0 Å². The summed E-state index contributed by atoms with van der Waals surface area (Å²) in [5, 5.41) is 9.60. The molecule has 0 fully saturated rings. The van der Waals surface area contributed by atoms with Crippen LogP contribution in [0.4, 0.5) is 0 Å². The molecule has 2 rings (SSSR count). The van der Waals surface area contributed by atoms with Crippen molar-refractivity contribution in [3.63, 3.8) is 0 Å². The molecule has 0 bridgehead atoms. The fourth-order valence-corrected chi connectivity index (χ4v) is 2.22. The summed E-state index contributed by atoms with van der Waals surface area (Å²) < 4.78 is 15.7. The van der Waals surface area contributed by atoms with Crippen LogP contribution in [0.5, 0.6) is 17.2 Å². The molecule has 0 heterocycles. The number of methoxy groups -OCH3 is 3. The number of para-hydroxylation sites is 1. The SMILES string of the molecule is COc1ccc(/C(=C/c2ccccc2OC)C(=O)O)c(OC)c1. The van der Waals surface area contributed by atoms with Crippen molar-refractivity contribution in [1.29, 1.82) is 0 Å². The molecule has 0 aliphatic carbocycles.